The van der Waals surface area contributed by atoms with Crippen molar-refractivity contribution in [2.45, 2.75) is 38.0 Å². The first-order chi connectivity index (χ1) is 17.6. The van der Waals surface area contributed by atoms with E-state index in [1.54, 1.807) is 12.1 Å². The van der Waals surface area contributed by atoms with Crippen molar-refractivity contribution in [3.05, 3.63) is 114 Å². The fourth-order valence-electron chi connectivity index (χ4n) is 5.08. The molecule has 3 atom stereocenters. The van der Waals surface area contributed by atoms with Gasteiger partial charge in [0.2, 0.25) is 5.82 Å². The summed E-state index contributed by atoms with van der Waals surface area (Å²) in [4.78, 5) is 5.90. The summed E-state index contributed by atoms with van der Waals surface area (Å²) in [5, 5.41) is 16.1. The zero-order valence-corrected chi connectivity index (χ0v) is 20.3. The molecule has 0 saturated carbocycles. The van der Waals surface area contributed by atoms with E-state index in [2.05, 4.69) is 17.1 Å². The summed E-state index contributed by atoms with van der Waals surface area (Å²) in [5.41, 5.74) is -0.191. The Balaban J connectivity index is 1.35. The van der Waals surface area contributed by atoms with Crippen LogP contribution < -0.4 is 9.64 Å². The largest absolute Gasteiger partial charge is 0.484 e. The third-order valence-electron chi connectivity index (χ3n) is 7.07. The highest BCUT2D eigenvalue weighted by atomic mass is 19.1. The van der Waals surface area contributed by atoms with Crippen molar-refractivity contribution in [3.63, 3.8) is 0 Å². The molecule has 36 heavy (non-hydrogen) atoms. The molecule has 0 bridgehead atoms. The summed E-state index contributed by atoms with van der Waals surface area (Å²) >= 11 is 0. The van der Waals surface area contributed by atoms with Crippen LogP contribution in [0.1, 0.15) is 42.6 Å². The van der Waals surface area contributed by atoms with E-state index in [4.69, 9.17) is 9.26 Å². The van der Waals surface area contributed by atoms with Crippen LogP contribution in [0.4, 0.5) is 4.39 Å². The molecule has 0 radical (unpaired) electrons. The second kappa shape index (κ2) is 10.6. The average molecular weight is 489 g/mol. The van der Waals surface area contributed by atoms with E-state index in [9.17, 15) is 9.50 Å². The molecule has 3 unspecified atom stereocenters. The Morgan fingerprint density at radius 2 is 1.72 bits per heavy atom. The molecule has 1 saturated heterocycles. The van der Waals surface area contributed by atoms with Gasteiger partial charge >= 0.3 is 0 Å². The van der Waals surface area contributed by atoms with Crippen molar-refractivity contribution in [1.29, 1.82) is 0 Å². The zero-order valence-electron chi connectivity index (χ0n) is 20.3. The maximum atomic E-state index is 13.7. The number of hydrogen-bond donors (Lipinski definition) is 2. The number of likely N-dealkylation sites (tertiary alicyclic amines) is 1. The van der Waals surface area contributed by atoms with Crippen molar-refractivity contribution in [1.82, 2.24) is 10.1 Å². The standard InChI is InChI=1S/C29H30FN3O3/c1-2-21-16-17-33(19-26(21)35-25-15-9-14-24(30)18-25)20-27-31-28(32-36-27)29(34,22-10-5-3-6-11-22)23-12-7-4-8-13-23/h3-15,18,21,26,34H,2,16-17,19-20H2,1H3/p+1. The third kappa shape index (κ3) is 5.03. The first kappa shape index (κ1) is 24.2. The molecule has 6 nitrogen and oxygen atoms in total. The van der Waals surface area contributed by atoms with Gasteiger partial charge in [0.15, 0.2) is 18.2 Å². The van der Waals surface area contributed by atoms with Crippen LogP contribution in [0.25, 0.3) is 0 Å². The Morgan fingerprint density at radius 1 is 1.03 bits per heavy atom. The summed E-state index contributed by atoms with van der Waals surface area (Å²) in [6.45, 7) is 4.37. The highest BCUT2D eigenvalue weighted by molar-refractivity contribution is 5.42. The van der Waals surface area contributed by atoms with Gasteiger partial charge in [-0.05, 0) is 29.7 Å². The number of hydrogen-bond acceptors (Lipinski definition) is 5. The maximum absolute atomic E-state index is 13.7. The average Bonchev–Trinajstić information content (AvgIpc) is 3.38. The summed E-state index contributed by atoms with van der Waals surface area (Å²) < 4.78 is 25.5. The highest BCUT2D eigenvalue weighted by Crippen LogP contribution is 2.34. The molecule has 1 aromatic heterocycles. The molecule has 2 heterocycles. The van der Waals surface area contributed by atoms with Gasteiger partial charge in [-0.1, -0.05) is 78.8 Å². The van der Waals surface area contributed by atoms with Gasteiger partial charge in [-0.3, -0.25) is 0 Å². The van der Waals surface area contributed by atoms with E-state index in [1.807, 2.05) is 60.7 Å². The Bertz CT molecular complexity index is 1230. The third-order valence-corrected chi connectivity index (χ3v) is 7.07. The first-order valence-electron chi connectivity index (χ1n) is 12.5. The van der Waals surface area contributed by atoms with Gasteiger partial charge in [-0.25, -0.2) is 4.39 Å². The minimum Gasteiger partial charge on any atom is -0.484 e. The normalized spacial score (nSPS) is 20.2. The molecule has 0 aliphatic carbocycles. The van der Waals surface area contributed by atoms with Gasteiger partial charge in [-0.15, -0.1) is 0 Å². The second-order valence-corrected chi connectivity index (χ2v) is 9.41. The van der Waals surface area contributed by atoms with Crippen LogP contribution in [0, 0.1) is 11.7 Å². The quantitative estimate of drug-likeness (QED) is 0.395. The lowest BCUT2D eigenvalue weighted by Crippen LogP contribution is -3.13. The minimum absolute atomic E-state index is 0.0338. The molecule has 0 amide bonds. The fraction of sp³-hybridized carbons (Fsp3) is 0.310. The predicted octanol–water partition coefficient (Wildman–Crippen LogP) is 3.76. The van der Waals surface area contributed by atoms with E-state index in [0.29, 0.717) is 35.2 Å². The van der Waals surface area contributed by atoms with E-state index < -0.39 is 5.60 Å². The molecule has 0 spiro atoms. The maximum Gasteiger partial charge on any atom is 0.281 e. The molecule has 1 aliphatic heterocycles. The number of ether oxygens (including phenoxy) is 1. The number of halogens is 1. The van der Waals surface area contributed by atoms with Gasteiger partial charge in [0.05, 0.1) is 6.54 Å². The summed E-state index contributed by atoms with van der Waals surface area (Å²) in [5.74, 6) is 1.32. The van der Waals surface area contributed by atoms with Gasteiger partial charge in [0, 0.05) is 18.4 Å². The lowest BCUT2D eigenvalue weighted by atomic mass is 9.85. The predicted molar refractivity (Wildman–Crippen MR) is 133 cm³/mol. The number of quaternary nitrogens is 1. The molecule has 186 valence electrons. The number of benzene rings is 3. The van der Waals surface area contributed by atoms with Crippen LogP contribution in [0.3, 0.4) is 0 Å². The molecule has 1 fully saturated rings. The smallest absolute Gasteiger partial charge is 0.281 e. The van der Waals surface area contributed by atoms with Crippen molar-refractivity contribution in [2.75, 3.05) is 13.1 Å². The monoisotopic (exact) mass is 488 g/mol. The van der Waals surface area contributed by atoms with Crippen molar-refractivity contribution < 1.29 is 23.7 Å². The SMILES string of the molecule is CCC1CC[NH+](Cc2nc(C(O)(c3ccccc3)c3ccccc3)no2)CC1Oc1cccc(F)c1. The number of aromatic nitrogens is 2. The number of rotatable bonds is 8. The Morgan fingerprint density at radius 3 is 2.36 bits per heavy atom. The molecule has 3 aromatic carbocycles. The van der Waals surface area contributed by atoms with Crippen molar-refractivity contribution >= 4 is 0 Å². The number of aliphatic hydroxyl groups is 1. The molecule has 2 N–H and O–H groups in total. The highest BCUT2D eigenvalue weighted by Gasteiger charge is 2.40. The number of nitrogens with one attached hydrogen (secondary N) is 1. The van der Waals surface area contributed by atoms with Crippen molar-refractivity contribution in [3.8, 4) is 5.75 Å². The Hall–Kier alpha value is -3.55. The van der Waals surface area contributed by atoms with E-state index in [1.165, 1.54) is 17.0 Å². The Labute approximate surface area is 210 Å². The molecular formula is C29H31FN3O3+. The molecular weight excluding hydrogens is 457 g/mol. The molecule has 5 rings (SSSR count). The molecule has 1 aliphatic rings. The van der Waals surface area contributed by atoms with Crippen LogP contribution >= 0.6 is 0 Å². The van der Waals surface area contributed by atoms with E-state index in [-0.39, 0.29) is 17.7 Å². The van der Waals surface area contributed by atoms with E-state index >= 15 is 0 Å². The second-order valence-electron chi connectivity index (χ2n) is 9.41. The molecule has 7 heteroatoms. The van der Waals surface area contributed by atoms with Crippen molar-refractivity contribution in [2.24, 2.45) is 5.92 Å². The minimum atomic E-state index is -1.53. The lowest BCUT2D eigenvalue weighted by molar-refractivity contribution is -0.924. The van der Waals surface area contributed by atoms with Crippen LogP contribution in [0.15, 0.2) is 89.5 Å². The molecule has 4 aromatic rings. The van der Waals surface area contributed by atoms with Crippen LogP contribution in [-0.4, -0.2) is 34.4 Å². The summed E-state index contributed by atoms with van der Waals surface area (Å²) in [7, 11) is 0. The topological polar surface area (TPSA) is 72.8 Å². The summed E-state index contributed by atoms with van der Waals surface area (Å²) in [6, 6.07) is 25.1. The van der Waals surface area contributed by atoms with Crippen LogP contribution in [-0.2, 0) is 12.1 Å². The lowest BCUT2D eigenvalue weighted by Gasteiger charge is -2.35. The van der Waals surface area contributed by atoms with E-state index in [0.717, 1.165) is 25.9 Å². The summed E-state index contributed by atoms with van der Waals surface area (Å²) in [6.07, 6.45) is 1.96. The Kier molecular flexibility index (Phi) is 7.11. The number of piperidine rings is 1. The van der Waals surface area contributed by atoms with Crippen LogP contribution in [0.2, 0.25) is 0 Å². The zero-order chi connectivity index (χ0) is 25.0. The number of nitrogens with zero attached hydrogens (tertiary/aromatic N) is 2. The fourth-order valence-corrected chi connectivity index (χ4v) is 5.08. The van der Waals surface area contributed by atoms with Crippen LogP contribution in [0.5, 0.6) is 5.75 Å². The van der Waals surface area contributed by atoms with Gasteiger partial charge in [-0.2, -0.15) is 4.98 Å². The van der Waals surface area contributed by atoms with Gasteiger partial charge < -0.3 is 19.3 Å². The first-order valence-corrected chi connectivity index (χ1v) is 12.5. The van der Waals surface area contributed by atoms with Gasteiger partial charge in [0.25, 0.3) is 5.89 Å². The van der Waals surface area contributed by atoms with Gasteiger partial charge in [0.1, 0.15) is 18.1 Å².